The molecule has 0 saturated carbocycles. The van der Waals surface area contributed by atoms with Crippen molar-refractivity contribution in [2.75, 3.05) is 26.4 Å². The monoisotopic (exact) mass is 357 g/mol. The van der Waals surface area contributed by atoms with E-state index < -0.39 is 0 Å². The van der Waals surface area contributed by atoms with Crippen molar-refractivity contribution in [2.24, 2.45) is 0 Å². The summed E-state index contributed by atoms with van der Waals surface area (Å²) in [6.45, 7) is 7.48. The van der Waals surface area contributed by atoms with Crippen LogP contribution in [-0.4, -0.2) is 46.7 Å². The first-order valence-corrected chi connectivity index (χ1v) is 9.02. The molecule has 138 valence electrons. The van der Waals surface area contributed by atoms with Gasteiger partial charge in [0.25, 0.3) is 5.91 Å². The van der Waals surface area contributed by atoms with Crippen molar-refractivity contribution in [2.45, 2.75) is 33.0 Å². The lowest BCUT2D eigenvalue weighted by Gasteiger charge is -2.35. The van der Waals surface area contributed by atoms with Crippen molar-refractivity contribution in [3.63, 3.8) is 0 Å². The molecule has 0 spiro atoms. The van der Waals surface area contributed by atoms with Crippen LogP contribution in [-0.2, 0) is 17.9 Å². The Morgan fingerprint density at radius 3 is 3.00 bits per heavy atom. The molecule has 1 unspecified atom stereocenters. The summed E-state index contributed by atoms with van der Waals surface area (Å²) in [6.07, 6.45) is 1.84. The number of para-hydroxylation sites is 1. The lowest BCUT2D eigenvalue weighted by molar-refractivity contribution is 0.0620. The summed E-state index contributed by atoms with van der Waals surface area (Å²) in [5.41, 5.74) is 1.60. The van der Waals surface area contributed by atoms with Crippen LogP contribution < -0.4 is 9.47 Å². The first-order chi connectivity index (χ1) is 12.7. The quantitative estimate of drug-likeness (QED) is 0.841. The SMILES string of the molecule is CCOCc1cnc2n1CCN(C(=O)c1cccc3c1OCCO3)C2C. The number of imidazole rings is 1. The van der Waals surface area contributed by atoms with Gasteiger partial charge in [0.15, 0.2) is 11.5 Å². The van der Waals surface area contributed by atoms with Crippen LogP contribution in [0.15, 0.2) is 24.4 Å². The zero-order chi connectivity index (χ0) is 18.1. The summed E-state index contributed by atoms with van der Waals surface area (Å²) in [7, 11) is 0. The fraction of sp³-hybridized carbons (Fsp3) is 0.474. The highest BCUT2D eigenvalue weighted by Crippen LogP contribution is 2.36. The lowest BCUT2D eigenvalue weighted by Crippen LogP contribution is -2.41. The largest absolute Gasteiger partial charge is 0.486 e. The average molecular weight is 357 g/mol. The Kier molecular flexibility index (Phi) is 4.55. The molecule has 0 bridgehead atoms. The summed E-state index contributed by atoms with van der Waals surface area (Å²) >= 11 is 0. The van der Waals surface area contributed by atoms with Crippen LogP contribution in [0.4, 0.5) is 0 Å². The first kappa shape index (κ1) is 16.9. The molecule has 0 radical (unpaired) electrons. The molecule has 1 amide bonds. The molecule has 2 aromatic rings. The molecule has 0 aliphatic carbocycles. The Balaban J connectivity index is 1.60. The summed E-state index contributed by atoms with van der Waals surface area (Å²) in [6, 6.07) is 5.34. The molecule has 7 heteroatoms. The van der Waals surface area contributed by atoms with Gasteiger partial charge in [-0.3, -0.25) is 4.79 Å². The van der Waals surface area contributed by atoms with E-state index in [4.69, 9.17) is 14.2 Å². The number of amides is 1. The number of aromatic nitrogens is 2. The number of carbonyl (C=O) groups excluding carboxylic acids is 1. The second-order valence-electron chi connectivity index (χ2n) is 6.40. The number of ether oxygens (including phenoxy) is 3. The second kappa shape index (κ2) is 6.99. The molecule has 2 aliphatic heterocycles. The van der Waals surface area contributed by atoms with E-state index in [2.05, 4.69) is 9.55 Å². The van der Waals surface area contributed by atoms with E-state index in [0.717, 1.165) is 11.5 Å². The molecule has 1 atom stereocenters. The van der Waals surface area contributed by atoms with Gasteiger partial charge in [-0.05, 0) is 26.0 Å². The predicted octanol–water partition coefficient (Wildman–Crippen LogP) is 2.41. The Morgan fingerprint density at radius 2 is 2.15 bits per heavy atom. The number of fused-ring (bicyclic) bond motifs is 2. The Bertz CT molecular complexity index is 817. The topological polar surface area (TPSA) is 65.8 Å². The van der Waals surface area contributed by atoms with Crippen molar-refractivity contribution in [1.29, 1.82) is 0 Å². The molecular weight excluding hydrogens is 334 g/mol. The molecular formula is C19H23N3O4. The van der Waals surface area contributed by atoms with Crippen LogP contribution in [0, 0.1) is 0 Å². The van der Waals surface area contributed by atoms with Crippen molar-refractivity contribution in [3.05, 3.63) is 41.5 Å². The van der Waals surface area contributed by atoms with Crippen LogP contribution in [0.1, 0.15) is 41.8 Å². The van der Waals surface area contributed by atoms with E-state index in [1.54, 1.807) is 6.07 Å². The van der Waals surface area contributed by atoms with E-state index in [1.165, 1.54) is 0 Å². The summed E-state index contributed by atoms with van der Waals surface area (Å²) in [5.74, 6) is 2.01. The normalized spacial score (nSPS) is 18.5. The molecule has 0 fully saturated rings. The van der Waals surface area contributed by atoms with Gasteiger partial charge in [0, 0.05) is 19.7 Å². The minimum atomic E-state index is -0.119. The van der Waals surface area contributed by atoms with E-state index in [1.807, 2.05) is 37.1 Å². The third-order valence-electron chi connectivity index (χ3n) is 4.89. The molecule has 1 aromatic heterocycles. The van der Waals surface area contributed by atoms with Gasteiger partial charge in [-0.1, -0.05) is 6.07 Å². The standard InChI is InChI=1S/C19H23N3O4/c1-3-24-12-14-11-20-18-13(2)21(7-8-22(14)18)19(23)15-5-4-6-16-17(15)26-10-9-25-16/h4-6,11,13H,3,7-10,12H2,1-2H3. The fourth-order valence-corrected chi connectivity index (χ4v) is 3.56. The number of hydrogen-bond donors (Lipinski definition) is 0. The maximum Gasteiger partial charge on any atom is 0.258 e. The highest BCUT2D eigenvalue weighted by atomic mass is 16.6. The van der Waals surface area contributed by atoms with Crippen molar-refractivity contribution in [3.8, 4) is 11.5 Å². The van der Waals surface area contributed by atoms with Crippen LogP contribution in [0.2, 0.25) is 0 Å². The highest BCUT2D eigenvalue weighted by molar-refractivity contribution is 5.98. The molecule has 0 saturated heterocycles. The van der Waals surface area contributed by atoms with Gasteiger partial charge in [0.1, 0.15) is 19.0 Å². The van der Waals surface area contributed by atoms with E-state index in [-0.39, 0.29) is 11.9 Å². The van der Waals surface area contributed by atoms with Crippen molar-refractivity contribution >= 4 is 5.91 Å². The van der Waals surface area contributed by atoms with Gasteiger partial charge >= 0.3 is 0 Å². The van der Waals surface area contributed by atoms with Crippen LogP contribution >= 0.6 is 0 Å². The van der Waals surface area contributed by atoms with Gasteiger partial charge in [-0.2, -0.15) is 0 Å². The Labute approximate surface area is 152 Å². The molecule has 3 heterocycles. The van der Waals surface area contributed by atoms with E-state index in [0.29, 0.717) is 56.6 Å². The summed E-state index contributed by atoms with van der Waals surface area (Å²) in [5, 5.41) is 0. The molecule has 0 N–H and O–H groups in total. The number of nitrogens with zero attached hydrogens (tertiary/aromatic N) is 3. The predicted molar refractivity (Wildman–Crippen MR) is 94.4 cm³/mol. The van der Waals surface area contributed by atoms with Gasteiger partial charge < -0.3 is 23.7 Å². The third-order valence-corrected chi connectivity index (χ3v) is 4.89. The number of rotatable bonds is 4. The minimum Gasteiger partial charge on any atom is -0.486 e. The van der Waals surface area contributed by atoms with Gasteiger partial charge in [-0.25, -0.2) is 4.98 Å². The smallest absolute Gasteiger partial charge is 0.258 e. The number of benzene rings is 1. The van der Waals surface area contributed by atoms with E-state index >= 15 is 0 Å². The highest BCUT2D eigenvalue weighted by Gasteiger charge is 2.33. The Morgan fingerprint density at radius 1 is 1.31 bits per heavy atom. The minimum absolute atomic E-state index is 0.0551. The molecule has 1 aromatic carbocycles. The van der Waals surface area contributed by atoms with Gasteiger partial charge in [0.2, 0.25) is 0 Å². The van der Waals surface area contributed by atoms with Gasteiger partial charge in [-0.15, -0.1) is 0 Å². The van der Waals surface area contributed by atoms with Crippen molar-refractivity contribution < 1.29 is 19.0 Å². The van der Waals surface area contributed by atoms with Crippen LogP contribution in [0.5, 0.6) is 11.5 Å². The van der Waals surface area contributed by atoms with Crippen molar-refractivity contribution in [1.82, 2.24) is 14.5 Å². The number of carbonyl (C=O) groups is 1. The fourth-order valence-electron chi connectivity index (χ4n) is 3.56. The molecule has 4 rings (SSSR count). The second-order valence-corrected chi connectivity index (χ2v) is 6.40. The average Bonchev–Trinajstić information content (AvgIpc) is 3.09. The molecule has 7 nitrogen and oxygen atoms in total. The van der Waals surface area contributed by atoms with E-state index in [9.17, 15) is 4.79 Å². The Hall–Kier alpha value is -2.54. The molecule has 26 heavy (non-hydrogen) atoms. The van der Waals surface area contributed by atoms with Crippen LogP contribution in [0.25, 0.3) is 0 Å². The first-order valence-electron chi connectivity index (χ1n) is 9.02. The summed E-state index contributed by atoms with van der Waals surface area (Å²) < 4.78 is 19.0. The lowest BCUT2D eigenvalue weighted by atomic mass is 10.1. The number of hydrogen-bond acceptors (Lipinski definition) is 5. The summed E-state index contributed by atoms with van der Waals surface area (Å²) in [4.78, 5) is 19.6. The maximum atomic E-state index is 13.2. The zero-order valence-corrected chi connectivity index (χ0v) is 15.1. The van der Waals surface area contributed by atoms with Crippen LogP contribution in [0.3, 0.4) is 0 Å². The van der Waals surface area contributed by atoms with Gasteiger partial charge in [0.05, 0.1) is 30.1 Å². The third kappa shape index (κ3) is 2.82. The maximum absolute atomic E-state index is 13.2. The zero-order valence-electron chi connectivity index (χ0n) is 15.1. The molecule has 2 aliphatic rings.